The molecule has 0 aliphatic carbocycles. The van der Waals surface area contributed by atoms with Crippen LogP contribution in [-0.2, 0) is 23.9 Å². The fourth-order valence-corrected chi connectivity index (χ4v) is 3.55. The Bertz CT molecular complexity index is 1110. The lowest BCUT2D eigenvalue weighted by molar-refractivity contribution is -0.145. The first-order valence-electron chi connectivity index (χ1n) is 12.7. The molecule has 0 spiro atoms. The zero-order valence-electron chi connectivity index (χ0n) is 23.2. The van der Waals surface area contributed by atoms with E-state index in [2.05, 4.69) is 20.9 Å². The molecule has 11 heteroatoms. The Morgan fingerprint density at radius 3 is 2.26 bits per heavy atom. The number of esters is 1. The SMILES string of the molecule is CCCC(NC(=O)C(C)(C)NC(=O)OC(C)(C)C)C(=O)Nc1cn(C(C(=O)OCC)c2ccccc2)cn1. The van der Waals surface area contributed by atoms with Crippen LogP contribution in [-0.4, -0.2) is 57.2 Å². The molecule has 11 nitrogen and oxygen atoms in total. The molecular formula is C27H39N5O6. The van der Waals surface area contributed by atoms with Crippen LogP contribution in [0.2, 0.25) is 0 Å². The molecule has 2 unspecified atom stereocenters. The Balaban J connectivity index is 2.14. The second kappa shape index (κ2) is 13.1. The molecule has 2 rings (SSSR count). The Labute approximate surface area is 223 Å². The van der Waals surface area contributed by atoms with Gasteiger partial charge in [0.05, 0.1) is 12.9 Å². The van der Waals surface area contributed by atoms with E-state index in [-0.39, 0.29) is 12.4 Å². The summed E-state index contributed by atoms with van der Waals surface area (Å²) < 4.78 is 12.0. The fourth-order valence-electron chi connectivity index (χ4n) is 3.55. The van der Waals surface area contributed by atoms with Gasteiger partial charge in [-0.25, -0.2) is 14.6 Å². The standard InChI is InChI=1S/C27H39N5O6/c1-8-13-19(29-24(35)27(6,7)31-25(36)38-26(3,4)5)22(33)30-20-16-32(17-28-20)21(23(34)37-9-2)18-14-11-10-12-15-18/h10-12,14-17,19,21H,8-9,13H2,1-7H3,(H,29,35)(H,30,33)(H,31,36). The number of nitrogens with zero attached hydrogens (tertiary/aromatic N) is 2. The van der Waals surface area contributed by atoms with Crippen molar-refractivity contribution in [2.45, 2.75) is 84.5 Å². The highest BCUT2D eigenvalue weighted by molar-refractivity contribution is 5.98. The Hall–Kier alpha value is -3.89. The number of carbonyl (C=O) groups is 4. The summed E-state index contributed by atoms with van der Waals surface area (Å²) in [6.07, 6.45) is 3.20. The smallest absolute Gasteiger partial charge is 0.408 e. The van der Waals surface area contributed by atoms with Gasteiger partial charge < -0.3 is 30.0 Å². The van der Waals surface area contributed by atoms with Gasteiger partial charge in [-0.1, -0.05) is 43.7 Å². The minimum absolute atomic E-state index is 0.210. The van der Waals surface area contributed by atoms with Gasteiger partial charge in [0, 0.05) is 6.20 Å². The maximum absolute atomic E-state index is 13.1. The molecule has 208 valence electrons. The summed E-state index contributed by atoms with van der Waals surface area (Å²) in [7, 11) is 0. The molecule has 38 heavy (non-hydrogen) atoms. The van der Waals surface area contributed by atoms with Crippen LogP contribution in [0.5, 0.6) is 0 Å². The zero-order valence-corrected chi connectivity index (χ0v) is 23.2. The van der Waals surface area contributed by atoms with Crippen LogP contribution in [0, 0.1) is 0 Å². The summed E-state index contributed by atoms with van der Waals surface area (Å²) >= 11 is 0. The van der Waals surface area contributed by atoms with Gasteiger partial charge in [-0.3, -0.25) is 9.59 Å². The van der Waals surface area contributed by atoms with Crippen molar-refractivity contribution >= 4 is 29.7 Å². The number of imidazole rings is 1. The van der Waals surface area contributed by atoms with Gasteiger partial charge in [-0.05, 0) is 53.5 Å². The first-order valence-corrected chi connectivity index (χ1v) is 12.7. The maximum Gasteiger partial charge on any atom is 0.408 e. The van der Waals surface area contributed by atoms with Crippen molar-refractivity contribution in [1.82, 2.24) is 20.2 Å². The molecule has 1 heterocycles. The van der Waals surface area contributed by atoms with Gasteiger partial charge in [0.15, 0.2) is 11.9 Å². The zero-order chi connectivity index (χ0) is 28.5. The molecule has 1 aromatic heterocycles. The average molecular weight is 530 g/mol. The van der Waals surface area contributed by atoms with E-state index in [4.69, 9.17) is 9.47 Å². The highest BCUT2D eigenvalue weighted by atomic mass is 16.6. The van der Waals surface area contributed by atoms with Crippen LogP contribution in [0.25, 0.3) is 0 Å². The largest absolute Gasteiger partial charge is 0.464 e. The summed E-state index contributed by atoms with van der Waals surface area (Å²) in [5, 5.41) is 7.95. The van der Waals surface area contributed by atoms with Crippen molar-refractivity contribution in [3.8, 4) is 0 Å². The lowest BCUT2D eigenvalue weighted by atomic mass is 10.0. The molecule has 0 aliphatic rings. The topological polar surface area (TPSA) is 141 Å². The summed E-state index contributed by atoms with van der Waals surface area (Å²) in [5.41, 5.74) is -1.35. The second-order valence-corrected chi connectivity index (χ2v) is 10.3. The lowest BCUT2D eigenvalue weighted by Crippen LogP contribution is -2.58. The van der Waals surface area contributed by atoms with Crippen molar-refractivity contribution in [1.29, 1.82) is 0 Å². The predicted molar refractivity (Wildman–Crippen MR) is 142 cm³/mol. The van der Waals surface area contributed by atoms with E-state index in [0.717, 1.165) is 0 Å². The Kier molecular flexibility index (Phi) is 10.4. The monoisotopic (exact) mass is 529 g/mol. The number of anilines is 1. The molecule has 0 fully saturated rings. The molecule has 0 aliphatic heterocycles. The summed E-state index contributed by atoms with van der Waals surface area (Å²) in [5.74, 6) is -1.27. The van der Waals surface area contributed by atoms with Crippen LogP contribution in [0.4, 0.5) is 10.6 Å². The number of amides is 3. The van der Waals surface area contributed by atoms with Crippen LogP contribution >= 0.6 is 0 Å². The van der Waals surface area contributed by atoms with Crippen LogP contribution in [0.15, 0.2) is 42.9 Å². The van der Waals surface area contributed by atoms with Crippen molar-refractivity contribution in [3.63, 3.8) is 0 Å². The third kappa shape index (κ3) is 8.89. The first kappa shape index (κ1) is 30.3. The van der Waals surface area contributed by atoms with E-state index in [0.29, 0.717) is 18.4 Å². The number of carbonyl (C=O) groups excluding carboxylic acids is 4. The van der Waals surface area contributed by atoms with Crippen molar-refractivity contribution < 1.29 is 28.7 Å². The summed E-state index contributed by atoms with van der Waals surface area (Å²) in [6, 6.07) is 7.43. The van der Waals surface area contributed by atoms with Crippen LogP contribution < -0.4 is 16.0 Å². The minimum atomic E-state index is -1.33. The Morgan fingerprint density at radius 1 is 1.03 bits per heavy atom. The molecule has 2 aromatic rings. The molecule has 0 radical (unpaired) electrons. The predicted octanol–water partition coefficient (Wildman–Crippen LogP) is 3.56. The summed E-state index contributed by atoms with van der Waals surface area (Å²) in [6.45, 7) is 12.0. The van der Waals surface area contributed by atoms with Gasteiger partial charge in [-0.2, -0.15) is 0 Å². The van der Waals surface area contributed by atoms with E-state index in [1.165, 1.54) is 26.4 Å². The van der Waals surface area contributed by atoms with E-state index >= 15 is 0 Å². The van der Waals surface area contributed by atoms with Crippen LogP contribution in [0.1, 0.15) is 72.9 Å². The van der Waals surface area contributed by atoms with E-state index in [9.17, 15) is 19.2 Å². The van der Waals surface area contributed by atoms with Gasteiger partial charge >= 0.3 is 12.1 Å². The quantitative estimate of drug-likeness (QED) is 0.378. The highest BCUT2D eigenvalue weighted by Crippen LogP contribution is 2.22. The van der Waals surface area contributed by atoms with E-state index in [1.807, 2.05) is 25.1 Å². The van der Waals surface area contributed by atoms with E-state index in [1.54, 1.807) is 44.4 Å². The van der Waals surface area contributed by atoms with Gasteiger partial charge in [0.25, 0.3) is 0 Å². The normalized spacial score (nSPS) is 13.1. The first-order chi connectivity index (χ1) is 17.8. The third-order valence-corrected chi connectivity index (χ3v) is 5.36. The van der Waals surface area contributed by atoms with E-state index < -0.39 is 47.1 Å². The Morgan fingerprint density at radius 2 is 1.68 bits per heavy atom. The number of benzene rings is 1. The molecule has 0 saturated heterocycles. The minimum Gasteiger partial charge on any atom is -0.464 e. The van der Waals surface area contributed by atoms with Crippen molar-refractivity contribution in [3.05, 3.63) is 48.4 Å². The molecule has 0 saturated carbocycles. The number of rotatable bonds is 11. The number of alkyl carbamates (subject to hydrolysis) is 1. The number of ether oxygens (including phenoxy) is 2. The number of aromatic nitrogens is 2. The van der Waals surface area contributed by atoms with Crippen molar-refractivity contribution in [2.24, 2.45) is 0 Å². The van der Waals surface area contributed by atoms with Gasteiger partial charge in [-0.15, -0.1) is 0 Å². The lowest BCUT2D eigenvalue weighted by Gasteiger charge is -2.29. The molecule has 0 bridgehead atoms. The number of hydrogen-bond donors (Lipinski definition) is 3. The van der Waals surface area contributed by atoms with Gasteiger partial charge in [0.1, 0.15) is 17.2 Å². The highest BCUT2D eigenvalue weighted by Gasteiger charge is 2.34. The molecule has 3 amide bonds. The molecule has 1 aromatic carbocycles. The second-order valence-electron chi connectivity index (χ2n) is 10.3. The van der Waals surface area contributed by atoms with Gasteiger partial charge in [0.2, 0.25) is 11.8 Å². The van der Waals surface area contributed by atoms with Crippen LogP contribution in [0.3, 0.4) is 0 Å². The summed E-state index contributed by atoms with van der Waals surface area (Å²) in [4.78, 5) is 55.1. The van der Waals surface area contributed by atoms with Crippen molar-refractivity contribution in [2.75, 3.05) is 11.9 Å². The molecule has 3 N–H and O–H groups in total. The maximum atomic E-state index is 13.1. The number of nitrogens with one attached hydrogen (secondary N) is 3. The average Bonchev–Trinajstić information content (AvgIpc) is 3.25. The third-order valence-electron chi connectivity index (χ3n) is 5.36. The fraction of sp³-hybridized carbons (Fsp3) is 0.519. The molecule has 2 atom stereocenters. The molecular weight excluding hydrogens is 490 g/mol. The number of hydrogen-bond acceptors (Lipinski definition) is 7.